The summed E-state index contributed by atoms with van der Waals surface area (Å²) in [5, 5.41) is 1.49. The van der Waals surface area contributed by atoms with Crippen LogP contribution in [0.25, 0.3) is 43.9 Å². The number of anilines is 2. The van der Waals surface area contributed by atoms with Crippen LogP contribution in [0, 0.1) is 6.57 Å². The highest BCUT2D eigenvalue weighted by Crippen LogP contribution is 2.34. The lowest BCUT2D eigenvalue weighted by molar-refractivity contribution is 0.332. The SMILES string of the molecule is [C-]#[N+]/C(=C1C=C(/C=C/c2ccc(N(C)C)cc2)OC(/C=C/c2cc3ccc(N(CCCC)CCCCCCCC)cc3oc2=O)=C/1)c1nc2ccccc2s1. The summed E-state index contributed by atoms with van der Waals surface area (Å²) >= 11 is 1.49. The minimum absolute atomic E-state index is 0.411. The Labute approximate surface area is 329 Å². The van der Waals surface area contributed by atoms with E-state index in [-0.39, 0.29) is 0 Å². The van der Waals surface area contributed by atoms with Crippen LogP contribution in [0.3, 0.4) is 0 Å². The van der Waals surface area contributed by atoms with Crippen LogP contribution in [0.1, 0.15) is 81.3 Å². The van der Waals surface area contributed by atoms with Gasteiger partial charge in [-0.3, -0.25) is 0 Å². The number of benzene rings is 3. The molecule has 55 heavy (non-hydrogen) atoms. The highest BCUT2D eigenvalue weighted by Gasteiger charge is 2.18. The summed E-state index contributed by atoms with van der Waals surface area (Å²) in [5.74, 6) is 1.04. The minimum atomic E-state index is -0.419. The van der Waals surface area contributed by atoms with E-state index in [2.05, 4.69) is 58.8 Å². The number of ether oxygens (including phenoxy) is 1. The molecular formula is C47H50N4O3S. The van der Waals surface area contributed by atoms with Crippen molar-refractivity contribution in [3.05, 3.63) is 152 Å². The Morgan fingerprint density at radius 3 is 2.22 bits per heavy atom. The Hall–Kier alpha value is -5.65. The van der Waals surface area contributed by atoms with Gasteiger partial charge in [0.2, 0.25) is 5.70 Å². The van der Waals surface area contributed by atoms with E-state index in [0.29, 0.717) is 38.9 Å². The lowest BCUT2D eigenvalue weighted by atomic mass is 10.1. The van der Waals surface area contributed by atoms with Crippen molar-refractivity contribution in [2.45, 2.75) is 65.2 Å². The first-order valence-corrected chi connectivity index (χ1v) is 20.2. The fourth-order valence-corrected chi connectivity index (χ4v) is 7.50. The predicted octanol–water partition coefficient (Wildman–Crippen LogP) is 12.3. The van der Waals surface area contributed by atoms with Crippen molar-refractivity contribution in [2.24, 2.45) is 0 Å². The summed E-state index contributed by atoms with van der Waals surface area (Å²) in [6.07, 6.45) is 20.8. The number of rotatable bonds is 17. The molecule has 0 unspecified atom stereocenters. The zero-order chi connectivity index (χ0) is 38.6. The zero-order valence-electron chi connectivity index (χ0n) is 32.4. The van der Waals surface area contributed by atoms with Gasteiger partial charge in [0.15, 0.2) is 0 Å². The zero-order valence-corrected chi connectivity index (χ0v) is 33.2. The molecule has 1 aliphatic rings. The molecule has 1 aliphatic heterocycles. The number of hydrogen-bond donors (Lipinski definition) is 0. The molecule has 3 heterocycles. The van der Waals surface area contributed by atoms with Gasteiger partial charge >= 0.3 is 5.63 Å². The topological polar surface area (TPSA) is 63.2 Å². The van der Waals surface area contributed by atoms with E-state index >= 15 is 0 Å². The molecule has 282 valence electrons. The van der Waals surface area contributed by atoms with Crippen molar-refractivity contribution in [2.75, 3.05) is 37.0 Å². The van der Waals surface area contributed by atoms with E-state index < -0.39 is 5.63 Å². The quantitative estimate of drug-likeness (QED) is 0.0536. The van der Waals surface area contributed by atoms with Crippen molar-refractivity contribution in [3.8, 4) is 0 Å². The standard InChI is InChI=1S/C47H50N4O3S/c1-6-8-10-11-12-15-29-51(28-9-7-2)39-25-21-35-30-36(47(52)54-43(35)33-39)22-27-41-32-37(45(48-3)46-49-42-16-13-14-17-44(42)55-46)31-40(53-41)26-20-34-18-23-38(24-19-34)50(4)5/h13-14,16-27,30-33H,6-12,15,28-29H2,1-2,4-5H3/b26-20+,27-22+,45-37-. The molecule has 0 amide bonds. The summed E-state index contributed by atoms with van der Waals surface area (Å²) in [4.78, 5) is 26.6. The summed E-state index contributed by atoms with van der Waals surface area (Å²) < 4.78 is 13.3. The second-order valence-electron chi connectivity index (χ2n) is 14.1. The Morgan fingerprint density at radius 1 is 0.800 bits per heavy atom. The molecule has 0 fully saturated rings. The third-order valence-electron chi connectivity index (χ3n) is 9.66. The molecule has 0 N–H and O–H groups in total. The van der Waals surface area contributed by atoms with Crippen LogP contribution >= 0.6 is 11.3 Å². The van der Waals surface area contributed by atoms with Gasteiger partial charge in [-0.2, -0.15) is 0 Å². The first-order chi connectivity index (χ1) is 26.8. The van der Waals surface area contributed by atoms with Crippen LogP contribution < -0.4 is 15.4 Å². The summed E-state index contributed by atoms with van der Waals surface area (Å²) in [5.41, 5.74) is 5.74. The van der Waals surface area contributed by atoms with Crippen molar-refractivity contribution < 1.29 is 9.15 Å². The molecule has 0 atom stereocenters. The summed E-state index contributed by atoms with van der Waals surface area (Å²) in [7, 11) is 4.03. The van der Waals surface area contributed by atoms with Gasteiger partial charge < -0.3 is 19.0 Å². The monoisotopic (exact) mass is 750 g/mol. The molecule has 0 spiro atoms. The number of thiazole rings is 1. The van der Waals surface area contributed by atoms with Gasteiger partial charge in [-0.25, -0.2) is 14.6 Å². The maximum absolute atomic E-state index is 13.4. The number of aromatic nitrogens is 1. The van der Waals surface area contributed by atoms with Crippen LogP contribution in [0.15, 0.2) is 123 Å². The molecular weight excluding hydrogens is 701 g/mol. The van der Waals surface area contributed by atoms with Crippen LogP contribution in [-0.4, -0.2) is 32.2 Å². The minimum Gasteiger partial charge on any atom is -0.457 e. The fraction of sp³-hybridized carbons (Fsp3) is 0.298. The molecule has 0 saturated heterocycles. The third kappa shape index (κ3) is 10.3. The Bertz CT molecular complexity index is 2320. The van der Waals surface area contributed by atoms with Gasteiger partial charge in [0, 0.05) is 50.0 Å². The second-order valence-corrected chi connectivity index (χ2v) is 15.1. The molecule has 2 aromatic heterocycles. The molecule has 5 aromatic rings. The Balaban J connectivity index is 1.28. The van der Waals surface area contributed by atoms with E-state index in [0.717, 1.165) is 64.9 Å². The van der Waals surface area contributed by atoms with Gasteiger partial charge in [-0.1, -0.05) is 82.7 Å². The molecule has 3 aromatic carbocycles. The van der Waals surface area contributed by atoms with Crippen molar-refractivity contribution >= 4 is 61.7 Å². The van der Waals surface area contributed by atoms with E-state index in [9.17, 15) is 4.79 Å². The number of nitrogens with zero attached hydrogens (tertiary/aromatic N) is 4. The van der Waals surface area contributed by atoms with Gasteiger partial charge in [0.05, 0.1) is 22.4 Å². The molecule has 0 saturated carbocycles. The number of allylic oxidation sites excluding steroid dienone is 5. The van der Waals surface area contributed by atoms with Crippen molar-refractivity contribution in [3.63, 3.8) is 0 Å². The summed E-state index contributed by atoms with van der Waals surface area (Å²) in [6.45, 7) is 14.6. The second kappa shape index (κ2) is 19.1. The van der Waals surface area contributed by atoms with E-state index in [1.54, 1.807) is 12.2 Å². The lowest BCUT2D eigenvalue weighted by Crippen LogP contribution is -2.25. The molecule has 0 aliphatic carbocycles. The molecule has 8 heteroatoms. The van der Waals surface area contributed by atoms with E-state index in [1.165, 1.54) is 43.4 Å². The first-order valence-electron chi connectivity index (χ1n) is 19.4. The van der Waals surface area contributed by atoms with Crippen molar-refractivity contribution in [1.29, 1.82) is 0 Å². The highest BCUT2D eigenvalue weighted by molar-refractivity contribution is 7.19. The van der Waals surface area contributed by atoms with Crippen LogP contribution in [0.2, 0.25) is 0 Å². The number of para-hydroxylation sites is 1. The van der Waals surface area contributed by atoms with Gasteiger partial charge in [0.25, 0.3) is 0 Å². The largest absolute Gasteiger partial charge is 0.457 e. The number of unbranched alkanes of at least 4 members (excludes halogenated alkanes) is 6. The van der Waals surface area contributed by atoms with Gasteiger partial charge in [-0.05, 0) is 96.8 Å². The maximum Gasteiger partial charge on any atom is 0.343 e. The molecule has 7 nitrogen and oxygen atoms in total. The van der Waals surface area contributed by atoms with Crippen molar-refractivity contribution in [1.82, 2.24) is 4.98 Å². The predicted molar refractivity (Wildman–Crippen MR) is 232 cm³/mol. The Morgan fingerprint density at radius 2 is 1.49 bits per heavy atom. The normalized spacial score (nSPS) is 13.9. The van der Waals surface area contributed by atoms with Crippen LogP contribution in [-0.2, 0) is 4.74 Å². The molecule has 6 rings (SSSR count). The van der Waals surface area contributed by atoms with Crippen LogP contribution in [0.5, 0.6) is 0 Å². The third-order valence-corrected chi connectivity index (χ3v) is 10.7. The van der Waals surface area contributed by atoms with Gasteiger partial charge in [-0.15, -0.1) is 11.3 Å². The smallest absolute Gasteiger partial charge is 0.343 e. The lowest BCUT2D eigenvalue weighted by Gasteiger charge is -2.25. The molecule has 0 bridgehead atoms. The number of fused-ring (bicyclic) bond motifs is 2. The Kier molecular flexibility index (Phi) is 13.6. The fourth-order valence-electron chi connectivity index (χ4n) is 6.52. The average Bonchev–Trinajstić information content (AvgIpc) is 3.63. The molecule has 0 radical (unpaired) electrons. The van der Waals surface area contributed by atoms with E-state index in [4.69, 9.17) is 20.7 Å². The first kappa shape index (κ1) is 39.1. The number of hydrogen-bond acceptors (Lipinski definition) is 7. The van der Waals surface area contributed by atoms with Crippen LogP contribution in [0.4, 0.5) is 11.4 Å². The maximum atomic E-state index is 13.4. The highest BCUT2D eigenvalue weighted by atomic mass is 32.1. The van der Waals surface area contributed by atoms with E-state index in [1.807, 2.05) is 80.9 Å². The average molecular weight is 751 g/mol. The van der Waals surface area contributed by atoms with Gasteiger partial charge in [0.1, 0.15) is 22.1 Å². The summed E-state index contributed by atoms with van der Waals surface area (Å²) in [6, 6.07) is 24.2.